The van der Waals surface area contributed by atoms with Gasteiger partial charge < -0.3 is 14.2 Å². The summed E-state index contributed by atoms with van der Waals surface area (Å²) in [5, 5.41) is 0. The number of carbonyl (C=O) groups is 1. The van der Waals surface area contributed by atoms with Crippen LogP contribution in [0.15, 0.2) is 12.1 Å². The Bertz CT molecular complexity index is 396. The van der Waals surface area contributed by atoms with Crippen molar-refractivity contribution in [2.75, 3.05) is 28.4 Å². The lowest BCUT2D eigenvalue weighted by atomic mass is 10.1. The second-order valence-electron chi connectivity index (χ2n) is 3.49. The van der Waals surface area contributed by atoms with Crippen LogP contribution in [0.3, 0.4) is 0 Å². The fourth-order valence-corrected chi connectivity index (χ4v) is 1.60. The maximum absolute atomic E-state index is 11.6. The lowest BCUT2D eigenvalue weighted by Crippen LogP contribution is -2.35. The van der Waals surface area contributed by atoms with Gasteiger partial charge >= 0.3 is 0 Å². The van der Waals surface area contributed by atoms with Crippen molar-refractivity contribution in [3.8, 4) is 17.2 Å². The Morgan fingerprint density at radius 1 is 1.11 bits per heavy atom. The summed E-state index contributed by atoms with van der Waals surface area (Å²) in [6, 6.07) is 3.43. The van der Waals surface area contributed by atoms with Crippen molar-refractivity contribution in [3.05, 3.63) is 17.7 Å². The number of hydrazine groups is 1. The summed E-state index contributed by atoms with van der Waals surface area (Å²) < 4.78 is 15.6. The predicted molar refractivity (Wildman–Crippen MR) is 67.0 cm³/mol. The zero-order chi connectivity index (χ0) is 13.5. The number of hydrogen-bond acceptors (Lipinski definition) is 5. The molecule has 0 fully saturated rings. The van der Waals surface area contributed by atoms with Gasteiger partial charge in [-0.25, -0.2) is 5.43 Å². The molecule has 6 nitrogen and oxygen atoms in total. The van der Waals surface area contributed by atoms with E-state index in [1.165, 1.54) is 14.2 Å². The van der Waals surface area contributed by atoms with Crippen molar-refractivity contribution in [1.82, 2.24) is 10.9 Å². The van der Waals surface area contributed by atoms with Gasteiger partial charge in [0.2, 0.25) is 5.91 Å². The molecule has 0 saturated heterocycles. The third-order valence-corrected chi connectivity index (χ3v) is 2.42. The van der Waals surface area contributed by atoms with E-state index >= 15 is 0 Å². The largest absolute Gasteiger partial charge is 0.496 e. The van der Waals surface area contributed by atoms with Crippen LogP contribution in [0.1, 0.15) is 5.56 Å². The van der Waals surface area contributed by atoms with Crippen molar-refractivity contribution in [3.63, 3.8) is 0 Å². The fourth-order valence-electron chi connectivity index (χ4n) is 1.60. The molecular formula is C12H18N2O4. The molecule has 0 aromatic heterocycles. The maximum atomic E-state index is 11.6. The molecule has 100 valence electrons. The van der Waals surface area contributed by atoms with Gasteiger partial charge in [-0.05, 0) is 0 Å². The molecule has 0 aliphatic heterocycles. The van der Waals surface area contributed by atoms with Crippen molar-refractivity contribution in [1.29, 1.82) is 0 Å². The SMILES string of the molecule is CNNC(=O)Cc1c(OC)cc(OC)cc1OC. The van der Waals surface area contributed by atoms with Gasteiger partial charge in [-0.2, -0.15) is 0 Å². The van der Waals surface area contributed by atoms with Crippen LogP contribution in [-0.4, -0.2) is 34.3 Å². The first-order valence-electron chi connectivity index (χ1n) is 5.40. The van der Waals surface area contributed by atoms with E-state index in [0.29, 0.717) is 22.8 Å². The van der Waals surface area contributed by atoms with Crippen molar-refractivity contribution in [2.45, 2.75) is 6.42 Å². The average molecular weight is 254 g/mol. The fraction of sp³-hybridized carbons (Fsp3) is 0.417. The topological polar surface area (TPSA) is 68.8 Å². The molecule has 1 aromatic rings. The van der Waals surface area contributed by atoms with E-state index in [-0.39, 0.29) is 12.3 Å². The van der Waals surface area contributed by atoms with Crippen LogP contribution in [0, 0.1) is 0 Å². The van der Waals surface area contributed by atoms with Crippen LogP contribution >= 0.6 is 0 Å². The third-order valence-electron chi connectivity index (χ3n) is 2.42. The van der Waals surface area contributed by atoms with Crippen molar-refractivity contribution in [2.24, 2.45) is 0 Å². The molecule has 0 bridgehead atoms. The van der Waals surface area contributed by atoms with Crippen LogP contribution in [0.4, 0.5) is 0 Å². The summed E-state index contributed by atoms with van der Waals surface area (Å²) in [4.78, 5) is 11.6. The van der Waals surface area contributed by atoms with Gasteiger partial charge in [0.1, 0.15) is 17.2 Å². The summed E-state index contributed by atoms with van der Waals surface area (Å²) in [6.45, 7) is 0. The number of nitrogens with one attached hydrogen (secondary N) is 2. The lowest BCUT2D eigenvalue weighted by molar-refractivity contribution is -0.121. The van der Waals surface area contributed by atoms with E-state index in [1.54, 1.807) is 26.3 Å². The Hall–Kier alpha value is -1.95. The van der Waals surface area contributed by atoms with Gasteiger partial charge in [0, 0.05) is 24.7 Å². The van der Waals surface area contributed by atoms with Gasteiger partial charge in [-0.3, -0.25) is 10.2 Å². The number of methoxy groups -OCH3 is 3. The molecule has 1 aromatic carbocycles. The molecule has 0 atom stereocenters. The van der Waals surface area contributed by atoms with E-state index < -0.39 is 0 Å². The van der Waals surface area contributed by atoms with Crippen molar-refractivity contribution >= 4 is 5.91 Å². The van der Waals surface area contributed by atoms with Gasteiger partial charge in [0.05, 0.1) is 27.8 Å². The normalized spacial score (nSPS) is 9.78. The van der Waals surface area contributed by atoms with Gasteiger partial charge in [0.15, 0.2) is 0 Å². The Morgan fingerprint density at radius 2 is 1.67 bits per heavy atom. The lowest BCUT2D eigenvalue weighted by Gasteiger charge is -2.14. The molecular weight excluding hydrogens is 236 g/mol. The van der Waals surface area contributed by atoms with Crippen LogP contribution < -0.4 is 25.1 Å². The monoisotopic (exact) mass is 254 g/mol. The number of carbonyl (C=O) groups excluding carboxylic acids is 1. The molecule has 0 aliphatic rings. The molecule has 0 spiro atoms. The van der Waals surface area contributed by atoms with Crippen molar-refractivity contribution < 1.29 is 19.0 Å². The number of benzene rings is 1. The highest BCUT2D eigenvalue weighted by Gasteiger charge is 2.16. The number of rotatable bonds is 6. The second kappa shape index (κ2) is 6.70. The van der Waals surface area contributed by atoms with E-state index in [9.17, 15) is 4.79 Å². The zero-order valence-electron chi connectivity index (χ0n) is 11.0. The highest BCUT2D eigenvalue weighted by Crippen LogP contribution is 2.34. The van der Waals surface area contributed by atoms with Gasteiger partial charge in [-0.1, -0.05) is 0 Å². The predicted octanol–water partition coefficient (Wildman–Crippen LogP) is 0.505. The molecule has 6 heteroatoms. The quantitative estimate of drug-likeness (QED) is 0.724. The Balaban J connectivity index is 3.10. The summed E-state index contributed by atoms with van der Waals surface area (Å²) >= 11 is 0. The highest BCUT2D eigenvalue weighted by molar-refractivity contribution is 5.80. The first kappa shape index (κ1) is 14.1. The first-order chi connectivity index (χ1) is 8.65. The number of hydrogen-bond donors (Lipinski definition) is 2. The van der Waals surface area contributed by atoms with E-state index in [4.69, 9.17) is 14.2 Å². The summed E-state index contributed by atoms with van der Waals surface area (Å²) in [5.41, 5.74) is 5.75. The average Bonchev–Trinajstić information content (AvgIpc) is 2.39. The van der Waals surface area contributed by atoms with Crippen LogP contribution in [-0.2, 0) is 11.2 Å². The third kappa shape index (κ3) is 3.27. The summed E-state index contributed by atoms with van der Waals surface area (Å²) in [7, 11) is 6.25. The Kier molecular flexibility index (Phi) is 5.26. The van der Waals surface area contributed by atoms with E-state index in [0.717, 1.165) is 0 Å². The van der Waals surface area contributed by atoms with E-state index in [1.807, 2.05) is 0 Å². The molecule has 0 unspecified atom stereocenters. The minimum absolute atomic E-state index is 0.150. The van der Waals surface area contributed by atoms with E-state index in [2.05, 4.69) is 10.9 Å². The zero-order valence-corrected chi connectivity index (χ0v) is 11.0. The Labute approximate surface area is 106 Å². The highest BCUT2D eigenvalue weighted by atomic mass is 16.5. The summed E-state index contributed by atoms with van der Waals surface area (Å²) in [5.74, 6) is 1.54. The number of amides is 1. The van der Waals surface area contributed by atoms with Crippen LogP contribution in [0.2, 0.25) is 0 Å². The number of ether oxygens (including phenoxy) is 3. The molecule has 18 heavy (non-hydrogen) atoms. The van der Waals surface area contributed by atoms with Gasteiger partial charge in [-0.15, -0.1) is 0 Å². The molecule has 1 rings (SSSR count). The maximum Gasteiger partial charge on any atom is 0.238 e. The van der Waals surface area contributed by atoms with Crippen LogP contribution in [0.5, 0.6) is 17.2 Å². The standard InChI is InChI=1S/C12H18N2O4/c1-13-14-12(15)7-9-10(17-3)5-8(16-2)6-11(9)18-4/h5-6,13H,7H2,1-4H3,(H,14,15). The minimum Gasteiger partial charge on any atom is -0.496 e. The molecule has 0 aliphatic carbocycles. The molecule has 0 radical (unpaired) electrons. The molecule has 1 amide bonds. The second-order valence-corrected chi connectivity index (χ2v) is 3.49. The molecule has 0 saturated carbocycles. The molecule has 0 heterocycles. The van der Waals surface area contributed by atoms with Gasteiger partial charge in [0.25, 0.3) is 0 Å². The van der Waals surface area contributed by atoms with Crippen LogP contribution in [0.25, 0.3) is 0 Å². The smallest absolute Gasteiger partial charge is 0.238 e. The first-order valence-corrected chi connectivity index (χ1v) is 5.40. The Morgan fingerprint density at radius 3 is 2.06 bits per heavy atom. The minimum atomic E-state index is -0.181. The summed E-state index contributed by atoms with van der Waals surface area (Å²) in [6.07, 6.45) is 0.150. The molecule has 2 N–H and O–H groups in total.